The van der Waals surface area contributed by atoms with E-state index in [-0.39, 0.29) is 24.9 Å². The molecule has 1 heterocycles. The summed E-state index contributed by atoms with van der Waals surface area (Å²) in [5.41, 5.74) is 0.951. The van der Waals surface area contributed by atoms with E-state index in [1.165, 1.54) is 18.7 Å². The first-order valence-corrected chi connectivity index (χ1v) is 8.72. The minimum atomic E-state index is -0.0104. The fraction of sp³-hybridized carbons (Fsp3) is 0.375. The Morgan fingerprint density at radius 1 is 1.30 bits per heavy atom. The Labute approximate surface area is 149 Å². The first-order valence-electron chi connectivity index (χ1n) is 7.15. The van der Waals surface area contributed by atoms with Crippen molar-refractivity contribution in [2.45, 2.75) is 43.2 Å². The Morgan fingerprint density at radius 3 is 2.52 bits per heavy atom. The van der Waals surface area contributed by atoms with Crippen LogP contribution >= 0.6 is 35.0 Å². The zero-order chi connectivity index (χ0) is 17.0. The van der Waals surface area contributed by atoms with Gasteiger partial charge in [-0.1, -0.05) is 48.8 Å². The van der Waals surface area contributed by atoms with Crippen molar-refractivity contribution in [1.29, 1.82) is 0 Å². The number of Topliss-reactive ketones (excluding diaryl/α,β-unsaturated/α-hetero) is 1. The van der Waals surface area contributed by atoms with Crippen molar-refractivity contribution in [3.63, 3.8) is 0 Å². The molecule has 0 saturated heterocycles. The molecule has 0 spiro atoms. The molecule has 1 aromatic carbocycles. The number of H-pyrrole nitrogens is 1. The molecule has 2 aromatic rings. The van der Waals surface area contributed by atoms with E-state index in [9.17, 15) is 4.79 Å². The molecule has 0 saturated carbocycles. The number of rotatable bonds is 7. The molecule has 0 amide bonds. The smallest absolute Gasteiger partial charge is 0.155 e. The van der Waals surface area contributed by atoms with E-state index in [1.54, 1.807) is 6.07 Å². The van der Waals surface area contributed by atoms with Crippen LogP contribution in [0, 0.1) is 0 Å². The van der Waals surface area contributed by atoms with Gasteiger partial charge in [0.05, 0.1) is 5.69 Å². The highest BCUT2D eigenvalue weighted by Crippen LogP contribution is 2.35. The van der Waals surface area contributed by atoms with Crippen molar-refractivity contribution >= 4 is 40.7 Å². The maximum Gasteiger partial charge on any atom is 0.155 e. The lowest BCUT2D eigenvalue weighted by molar-refractivity contribution is -0.121. The van der Waals surface area contributed by atoms with Crippen LogP contribution in [0.5, 0.6) is 0 Å². The zero-order valence-electron chi connectivity index (χ0n) is 13.2. The molecule has 0 radical (unpaired) electrons. The summed E-state index contributed by atoms with van der Waals surface area (Å²) in [5, 5.41) is 2.12. The number of carbonyl (C=O) groups excluding carboxylic acids is 1. The summed E-state index contributed by atoms with van der Waals surface area (Å²) < 4.78 is 5.32. The third-order valence-electron chi connectivity index (χ3n) is 2.89. The van der Waals surface area contributed by atoms with Crippen LogP contribution in [0.25, 0.3) is 0 Å². The van der Waals surface area contributed by atoms with E-state index in [4.69, 9.17) is 27.9 Å². The van der Waals surface area contributed by atoms with Crippen LogP contribution in [0.4, 0.5) is 0 Å². The molecule has 0 aliphatic rings. The van der Waals surface area contributed by atoms with Crippen molar-refractivity contribution in [1.82, 2.24) is 9.97 Å². The number of halogens is 2. The van der Waals surface area contributed by atoms with Crippen LogP contribution in [0.2, 0.25) is 10.0 Å². The van der Waals surface area contributed by atoms with Gasteiger partial charge in [-0.15, -0.1) is 0 Å². The number of hydrogen-bond donors (Lipinski definition) is 1. The third kappa shape index (κ3) is 5.53. The summed E-state index contributed by atoms with van der Waals surface area (Å²) in [7, 11) is 0. The number of carbonyl (C=O) groups is 1. The molecule has 0 fully saturated rings. The van der Waals surface area contributed by atoms with Crippen LogP contribution < -0.4 is 0 Å². The van der Waals surface area contributed by atoms with E-state index in [1.807, 2.05) is 12.1 Å². The van der Waals surface area contributed by atoms with Crippen LogP contribution in [0.1, 0.15) is 38.2 Å². The average Bonchev–Trinajstić information content (AvgIpc) is 2.80. The first-order chi connectivity index (χ1) is 10.8. The predicted molar refractivity (Wildman–Crippen MR) is 93.6 cm³/mol. The number of aromatic nitrogens is 2. The van der Waals surface area contributed by atoms with Gasteiger partial charge >= 0.3 is 0 Å². The zero-order valence-corrected chi connectivity index (χ0v) is 15.5. The molecule has 0 aliphatic heterocycles. The standard InChI is InChI=1S/C16H18Cl2N2O2S/c1-9(2)15-16(20-14(19-15)8-22-7-10(3)21)23-13-5-11(17)4-12(18)6-13/h4-6,9H,7-8H2,1-3H3,(H,19,20). The summed E-state index contributed by atoms with van der Waals surface area (Å²) >= 11 is 13.6. The molecule has 0 atom stereocenters. The topological polar surface area (TPSA) is 55.0 Å². The second kappa shape index (κ2) is 8.20. The van der Waals surface area contributed by atoms with Gasteiger partial charge in [0.15, 0.2) is 5.78 Å². The fourth-order valence-electron chi connectivity index (χ4n) is 1.95. The summed E-state index contributed by atoms with van der Waals surface area (Å²) in [4.78, 5) is 19.7. The Balaban J connectivity index is 2.19. The van der Waals surface area contributed by atoms with E-state index in [0.717, 1.165) is 15.6 Å². The quantitative estimate of drug-likeness (QED) is 0.734. The van der Waals surface area contributed by atoms with Gasteiger partial charge < -0.3 is 9.72 Å². The Bertz CT molecular complexity index is 681. The molecular weight excluding hydrogens is 355 g/mol. The summed E-state index contributed by atoms with van der Waals surface area (Å²) in [6, 6.07) is 5.41. The van der Waals surface area contributed by atoms with Crippen molar-refractivity contribution in [3.8, 4) is 0 Å². The largest absolute Gasteiger partial charge is 0.366 e. The number of hydrogen-bond acceptors (Lipinski definition) is 4. The first kappa shape index (κ1) is 18.3. The van der Waals surface area contributed by atoms with Crippen molar-refractivity contribution in [2.24, 2.45) is 0 Å². The fourth-order valence-corrected chi connectivity index (χ4v) is 3.77. The van der Waals surface area contributed by atoms with Gasteiger partial charge in [0, 0.05) is 14.9 Å². The summed E-state index contributed by atoms with van der Waals surface area (Å²) in [5.74, 6) is 0.944. The normalized spacial score (nSPS) is 11.2. The molecule has 124 valence electrons. The van der Waals surface area contributed by atoms with Gasteiger partial charge in [-0.05, 0) is 31.0 Å². The second-order valence-corrected chi connectivity index (χ2v) is 7.41. The lowest BCUT2D eigenvalue weighted by Crippen LogP contribution is -2.04. The number of aromatic amines is 1. The summed E-state index contributed by atoms with van der Waals surface area (Å²) in [6.45, 7) is 6.00. The Kier molecular flexibility index (Phi) is 6.53. The molecule has 0 aliphatic carbocycles. The molecule has 23 heavy (non-hydrogen) atoms. The molecule has 2 rings (SSSR count). The highest BCUT2D eigenvalue weighted by molar-refractivity contribution is 7.99. The van der Waals surface area contributed by atoms with Crippen LogP contribution in [0.15, 0.2) is 28.1 Å². The van der Waals surface area contributed by atoms with E-state index >= 15 is 0 Å². The van der Waals surface area contributed by atoms with Gasteiger partial charge in [0.25, 0.3) is 0 Å². The lowest BCUT2D eigenvalue weighted by atomic mass is 10.2. The lowest BCUT2D eigenvalue weighted by Gasteiger charge is -2.06. The van der Waals surface area contributed by atoms with Gasteiger partial charge in [0.2, 0.25) is 0 Å². The van der Waals surface area contributed by atoms with Crippen LogP contribution in [0.3, 0.4) is 0 Å². The SMILES string of the molecule is CC(=O)COCc1nc(C(C)C)c(Sc2cc(Cl)cc(Cl)c2)[nH]1. The maximum atomic E-state index is 10.9. The van der Waals surface area contributed by atoms with Crippen molar-refractivity contribution in [2.75, 3.05) is 6.61 Å². The van der Waals surface area contributed by atoms with Crippen LogP contribution in [-0.2, 0) is 16.1 Å². The predicted octanol–water partition coefficient (Wildman–Crippen LogP) is 5.10. The Morgan fingerprint density at radius 2 is 1.96 bits per heavy atom. The van der Waals surface area contributed by atoms with Gasteiger partial charge in [-0.3, -0.25) is 4.79 Å². The number of nitrogens with zero attached hydrogens (tertiary/aromatic N) is 1. The molecule has 0 unspecified atom stereocenters. The molecule has 7 heteroatoms. The highest BCUT2D eigenvalue weighted by Gasteiger charge is 2.15. The highest BCUT2D eigenvalue weighted by atomic mass is 35.5. The second-order valence-electron chi connectivity index (χ2n) is 5.45. The van der Waals surface area contributed by atoms with Crippen LogP contribution in [-0.4, -0.2) is 22.4 Å². The van der Waals surface area contributed by atoms with Crippen molar-refractivity contribution in [3.05, 3.63) is 39.8 Å². The minimum Gasteiger partial charge on any atom is -0.366 e. The Hall–Kier alpha value is -1.01. The molecule has 4 nitrogen and oxygen atoms in total. The van der Waals surface area contributed by atoms with Gasteiger partial charge in [-0.25, -0.2) is 4.98 Å². The number of nitrogens with one attached hydrogen (secondary N) is 1. The van der Waals surface area contributed by atoms with Crippen molar-refractivity contribution < 1.29 is 9.53 Å². The third-order valence-corrected chi connectivity index (χ3v) is 4.32. The number of ketones is 1. The number of imidazole rings is 1. The maximum absolute atomic E-state index is 10.9. The molecular formula is C16H18Cl2N2O2S. The molecule has 1 aromatic heterocycles. The minimum absolute atomic E-state index is 0.0104. The van der Waals surface area contributed by atoms with E-state index in [0.29, 0.717) is 15.9 Å². The van der Waals surface area contributed by atoms with Gasteiger partial charge in [0.1, 0.15) is 24.1 Å². The van der Waals surface area contributed by atoms with Gasteiger partial charge in [-0.2, -0.15) is 0 Å². The van der Waals surface area contributed by atoms with E-state index < -0.39 is 0 Å². The average molecular weight is 373 g/mol. The number of ether oxygens (including phenoxy) is 1. The molecule has 1 N–H and O–H groups in total. The monoisotopic (exact) mass is 372 g/mol. The number of benzene rings is 1. The van der Waals surface area contributed by atoms with E-state index in [2.05, 4.69) is 23.8 Å². The molecule has 0 bridgehead atoms. The summed E-state index contributed by atoms with van der Waals surface area (Å²) in [6.07, 6.45) is 0.